The monoisotopic (exact) mass is 251 g/mol. The van der Waals surface area contributed by atoms with Crippen LogP contribution in [0.15, 0.2) is 18.2 Å². The molecule has 2 heterocycles. The molecule has 0 amide bonds. The molecule has 18 heavy (non-hydrogen) atoms. The van der Waals surface area contributed by atoms with Crippen LogP contribution in [0.25, 0.3) is 11.2 Å². The number of H-pyrrole nitrogens is 1. The SMILES string of the molecule is COc1nc(N)nc2nc[nH]c12.FC1=CCCC1. The number of imidazole rings is 1. The zero-order valence-electron chi connectivity index (χ0n) is 9.98. The van der Waals surface area contributed by atoms with Crippen LogP contribution in [0.3, 0.4) is 0 Å². The second kappa shape index (κ2) is 5.44. The van der Waals surface area contributed by atoms with Crippen molar-refractivity contribution >= 4 is 17.1 Å². The summed E-state index contributed by atoms with van der Waals surface area (Å²) in [5, 5.41) is 0. The highest BCUT2D eigenvalue weighted by atomic mass is 19.1. The molecule has 0 aromatic carbocycles. The Hall–Kier alpha value is -2.18. The van der Waals surface area contributed by atoms with E-state index in [9.17, 15) is 4.39 Å². The molecule has 0 saturated heterocycles. The standard InChI is InChI=1S/C6H7N5O.C5H7F/c1-12-5-3-4(9-2-8-3)10-6(7)11-5;6-5-3-1-2-4-5/h2H,1H3,(H3,7,8,9,10,11);3H,1-2,4H2. The van der Waals surface area contributed by atoms with E-state index in [0.29, 0.717) is 23.5 Å². The number of rotatable bonds is 1. The number of allylic oxidation sites excluding steroid dienone is 2. The minimum atomic E-state index is 0.0787. The summed E-state index contributed by atoms with van der Waals surface area (Å²) in [7, 11) is 1.52. The van der Waals surface area contributed by atoms with Gasteiger partial charge in [0.25, 0.3) is 0 Å². The first-order valence-electron chi connectivity index (χ1n) is 5.56. The second-order valence-electron chi connectivity index (χ2n) is 3.74. The predicted molar refractivity (Wildman–Crippen MR) is 65.7 cm³/mol. The molecular formula is C11H14FN5O. The zero-order chi connectivity index (χ0) is 13.0. The van der Waals surface area contributed by atoms with Crippen LogP contribution in [0.5, 0.6) is 5.88 Å². The molecule has 0 bridgehead atoms. The van der Waals surface area contributed by atoms with Crippen molar-refractivity contribution in [2.45, 2.75) is 19.3 Å². The third-order valence-corrected chi connectivity index (χ3v) is 2.45. The maximum absolute atomic E-state index is 11.8. The number of nitrogens with two attached hydrogens (primary N) is 1. The van der Waals surface area contributed by atoms with Crippen molar-refractivity contribution < 1.29 is 9.13 Å². The zero-order valence-corrected chi connectivity index (χ0v) is 9.98. The number of fused-ring (bicyclic) bond motifs is 1. The number of nitrogens with one attached hydrogen (secondary N) is 1. The van der Waals surface area contributed by atoms with Gasteiger partial charge in [0.1, 0.15) is 5.52 Å². The molecule has 0 saturated carbocycles. The van der Waals surface area contributed by atoms with Crippen LogP contribution in [0.2, 0.25) is 0 Å². The van der Waals surface area contributed by atoms with Gasteiger partial charge in [-0.25, -0.2) is 9.37 Å². The number of halogens is 1. The van der Waals surface area contributed by atoms with E-state index in [1.54, 1.807) is 6.08 Å². The summed E-state index contributed by atoms with van der Waals surface area (Å²) in [6.07, 6.45) is 5.82. The Morgan fingerprint density at radius 2 is 2.28 bits per heavy atom. The third-order valence-electron chi connectivity index (χ3n) is 2.45. The molecule has 1 aliphatic carbocycles. The highest BCUT2D eigenvalue weighted by Gasteiger charge is 2.07. The molecule has 0 atom stereocenters. The van der Waals surface area contributed by atoms with E-state index in [-0.39, 0.29) is 11.8 Å². The molecular weight excluding hydrogens is 237 g/mol. The van der Waals surface area contributed by atoms with Crippen LogP contribution in [-0.4, -0.2) is 27.0 Å². The Balaban J connectivity index is 0.000000169. The quantitative estimate of drug-likeness (QED) is 0.808. The lowest BCUT2D eigenvalue weighted by Crippen LogP contribution is -1.98. The summed E-state index contributed by atoms with van der Waals surface area (Å²) in [6, 6.07) is 0. The normalized spacial score (nSPS) is 14.0. The van der Waals surface area contributed by atoms with Crippen molar-refractivity contribution in [3.8, 4) is 5.88 Å². The van der Waals surface area contributed by atoms with Crippen LogP contribution in [-0.2, 0) is 0 Å². The number of aromatic nitrogens is 4. The minimum absolute atomic E-state index is 0.0787. The van der Waals surface area contributed by atoms with E-state index >= 15 is 0 Å². The molecule has 2 aromatic rings. The van der Waals surface area contributed by atoms with Crippen LogP contribution in [0, 0.1) is 0 Å². The van der Waals surface area contributed by atoms with Crippen molar-refractivity contribution in [2.75, 3.05) is 12.8 Å². The van der Waals surface area contributed by atoms with Crippen LogP contribution >= 0.6 is 0 Å². The van der Waals surface area contributed by atoms with Gasteiger partial charge in [-0.05, 0) is 19.3 Å². The molecule has 0 spiro atoms. The lowest BCUT2D eigenvalue weighted by Gasteiger charge is -1.99. The Kier molecular flexibility index (Phi) is 3.71. The lowest BCUT2D eigenvalue weighted by molar-refractivity contribution is 0.402. The summed E-state index contributed by atoms with van der Waals surface area (Å²) in [5.41, 5.74) is 6.58. The van der Waals surface area contributed by atoms with Gasteiger partial charge in [0.15, 0.2) is 5.65 Å². The Morgan fingerprint density at radius 3 is 2.83 bits per heavy atom. The molecule has 3 rings (SSSR count). The number of aromatic amines is 1. The summed E-state index contributed by atoms with van der Waals surface area (Å²) in [5.74, 6) is 0.649. The highest BCUT2D eigenvalue weighted by molar-refractivity contribution is 5.76. The highest BCUT2D eigenvalue weighted by Crippen LogP contribution is 2.18. The minimum Gasteiger partial charge on any atom is -0.479 e. The van der Waals surface area contributed by atoms with Gasteiger partial charge in [0.05, 0.1) is 19.3 Å². The molecule has 0 radical (unpaired) electrons. The number of anilines is 1. The van der Waals surface area contributed by atoms with Gasteiger partial charge in [-0.15, -0.1) is 0 Å². The number of methoxy groups -OCH3 is 1. The summed E-state index contributed by atoms with van der Waals surface area (Å²) in [4.78, 5) is 14.5. The molecule has 7 heteroatoms. The topological polar surface area (TPSA) is 89.7 Å². The fourth-order valence-corrected chi connectivity index (χ4v) is 1.60. The number of nitrogen functional groups attached to an aromatic ring is 1. The summed E-state index contributed by atoms with van der Waals surface area (Å²) >= 11 is 0. The van der Waals surface area contributed by atoms with Crippen molar-refractivity contribution in [3.63, 3.8) is 0 Å². The summed E-state index contributed by atoms with van der Waals surface area (Å²) in [6.45, 7) is 0. The molecule has 0 aliphatic heterocycles. The van der Waals surface area contributed by atoms with Gasteiger partial charge in [-0.2, -0.15) is 9.97 Å². The molecule has 6 nitrogen and oxygen atoms in total. The largest absolute Gasteiger partial charge is 0.479 e. The van der Waals surface area contributed by atoms with Crippen LogP contribution < -0.4 is 10.5 Å². The fraction of sp³-hybridized carbons (Fsp3) is 0.364. The molecule has 96 valence electrons. The van der Waals surface area contributed by atoms with Gasteiger partial charge in [-0.1, -0.05) is 6.08 Å². The predicted octanol–water partition coefficient (Wildman–Crippen LogP) is 1.97. The maximum atomic E-state index is 11.8. The first-order valence-corrected chi connectivity index (χ1v) is 5.56. The van der Waals surface area contributed by atoms with E-state index in [1.807, 2.05) is 0 Å². The number of ether oxygens (including phenoxy) is 1. The number of hydrogen-bond acceptors (Lipinski definition) is 5. The average molecular weight is 251 g/mol. The van der Waals surface area contributed by atoms with Gasteiger partial charge in [0.2, 0.25) is 11.8 Å². The molecule has 0 unspecified atom stereocenters. The number of nitrogens with zero attached hydrogens (tertiary/aromatic N) is 3. The average Bonchev–Trinajstić information content (AvgIpc) is 2.99. The van der Waals surface area contributed by atoms with Crippen molar-refractivity contribution in [2.24, 2.45) is 0 Å². The van der Waals surface area contributed by atoms with Gasteiger partial charge >= 0.3 is 0 Å². The first-order chi connectivity index (χ1) is 8.70. The lowest BCUT2D eigenvalue weighted by atomic mass is 10.4. The van der Waals surface area contributed by atoms with Gasteiger partial charge in [0, 0.05) is 0 Å². The Bertz CT molecular complexity index is 566. The van der Waals surface area contributed by atoms with Crippen LogP contribution in [0.4, 0.5) is 10.3 Å². The first kappa shape index (κ1) is 12.3. The van der Waals surface area contributed by atoms with Gasteiger partial charge in [-0.3, -0.25) is 0 Å². The molecule has 1 aliphatic rings. The van der Waals surface area contributed by atoms with E-state index in [2.05, 4.69) is 19.9 Å². The molecule has 0 fully saturated rings. The van der Waals surface area contributed by atoms with E-state index in [1.165, 1.54) is 13.4 Å². The van der Waals surface area contributed by atoms with E-state index < -0.39 is 0 Å². The van der Waals surface area contributed by atoms with Crippen LogP contribution in [0.1, 0.15) is 19.3 Å². The molecule has 3 N–H and O–H groups in total. The van der Waals surface area contributed by atoms with Crippen molar-refractivity contribution in [1.82, 2.24) is 19.9 Å². The van der Waals surface area contributed by atoms with Gasteiger partial charge < -0.3 is 15.5 Å². The molecule has 2 aromatic heterocycles. The number of hydrogen-bond donors (Lipinski definition) is 2. The van der Waals surface area contributed by atoms with E-state index in [4.69, 9.17) is 10.5 Å². The van der Waals surface area contributed by atoms with E-state index in [0.717, 1.165) is 12.8 Å². The van der Waals surface area contributed by atoms with Crippen molar-refractivity contribution in [1.29, 1.82) is 0 Å². The third kappa shape index (κ3) is 2.73. The smallest absolute Gasteiger partial charge is 0.244 e. The van der Waals surface area contributed by atoms with Crippen molar-refractivity contribution in [3.05, 3.63) is 18.2 Å². The second-order valence-corrected chi connectivity index (χ2v) is 3.74. The Labute approximate surface area is 103 Å². The summed E-state index contributed by atoms with van der Waals surface area (Å²) < 4.78 is 16.7. The maximum Gasteiger partial charge on any atom is 0.244 e. The fourth-order valence-electron chi connectivity index (χ4n) is 1.60. The Morgan fingerprint density at radius 1 is 1.44 bits per heavy atom.